The number of rotatable bonds is 5. The van der Waals surface area contributed by atoms with Crippen molar-refractivity contribution in [2.75, 3.05) is 39.3 Å². The van der Waals surface area contributed by atoms with Crippen LogP contribution in [0, 0.1) is 5.41 Å². The predicted molar refractivity (Wildman–Crippen MR) is 85.5 cm³/mol. The van der Waals surface area contributed by atoms with Gasteiger partial charge in [0.25, 0.3) is 0 Å². The van der Waals surface area contributed by atoms with Crippen LogP contribution >= 0.6 is 0 Å². The summed E-state index contributed by atoms with van der Waals surface area (Å²) in [7, 11) is 0. The van der Waals surface area contributed by atoms with Crippen LogP contribution in [0.15, 0.2) is 30.3 Å². The largest absolute Gasteiger partial charge is 0.445 e. The van der Waals surface area contributed by atoms with E-state index in [-0.39, 0.29) is 18.1 Å². The minimum Gasteiger partial charge on any atom is -0.445 e. The van der Waals surface area contributed by atoms with Crippen molar-refractivity contribution in [2.45, 2.75) is 20.5 Å². The van der Waals surface area contributed by atoms with Gasteiger partial charge in [-0.05, 0) is 5.56 Å². The third-order valence-corrected chi connectivity index (χ3v) is 3.92. The van der Waals surface area contributed by atoms with Crippen LogP contribution in [0.2, 0.25) is 0 Å². The Bertz CT molecular complexity index is 468. The topological polar surface area (TPSA) is 53.0 Å². The van der Waals surface area contributed by atoms with Crippen LogP contribution in [0.5, 0.6) is 0 Å². The molecule has 1 amide bonds. The molecule has 1 aromatic carbocycles. The van der Waals surface area contributed by atoms with Crippen molar-refractivity contribution in [3.8, 4) is 0 Å². The molecular weight excluding hydrogens is 280 g/mol. The molecule has 0 bridgehead atoms. The maximum atomic E-state index is 12.1. The molecule has 0 spiro atoms. The average Bonchev–Trinajstić information content (AvgIpc) is 2.54. The van der Waals surface area contributed by atoms with Gasteiger partial charge in [0.1, 0.15) is 6.61 Å². The lowest BCUT2D eigenvalue weighted by atomic mass is 9.94. The monoisotopic (exact) mass is 306 g/mol. The molecule has 0 saturated carbocycles. The second-order valence-electron chi connectivity index (χ2n) is 6.63. The molecule has 0 atom stereocenters. The normalized spacial score (nSPS) is 16.6. The SMILES string of the molecule is CC(C)(CO)CN1CCN(C(=O)OCc2ccccc2)CC1. The van der Waals surface area contributed by atoms with Gasteiger partial charge in [-0.25, -0.2) is 4.79 Å². The van der Waals surface area contributed by atoms with E-state index in [4.69, 9.17) is 4.74 Å². The highest BCUT2D eigenvalue weighted by Gasteiger charge is 2.26. The fourth-order valence-electron chi connectivity index (χ4n) is 2.55. The van der Waals surface area contributed by atoms with Gasteiger partial charge in [-0.1, -0.05) is 44.2 Å². The summed E-state index contributed by atoms with van der Waals surface area (Å²) < 4.78 is 5.35. The van der Waals surface area contributed by atoms with Crippen LogP contribution < -0.4 is 0 Å². The first-order valence-electron chi connectivity index (χ1n) is 7.79. The highest BCUT2D eigenvalue weighted by molar-refractivity contribution is 5.67. The summed E-state index contributed by atoms with van der Waals surface area (Å²) in [6.07, 6.45) is -0.245. The molecule has 1 aromatic rings. The number of hydrogen-bond donors (Lipinski definition) is 1. The molecule has 1 saturated heterocycles. The molecule has 0 unspecified atom stereocenters. The summed E-state index contributed by atoms with van der Waals surface area (Å²) in [5.74, 6) is 0. The van der Waals surface area contributed by atoms with Crippen molar-refractivity contribution in [1.82, 2.24) is 9.80 Å². The third-order valence-electron chi connectivity index (χ3n) is 3.92. The summed E-state index contributed by atoms with van der Waals surface area (Å²) in [6, 6.07) is 9.71. The number of piperazine rings is 1. The Morgan fingerprint density at radius 3 is 2.41 bits per heavy atom. The molecule has 0 radical (unpaired) electrons. The van der Waals surface area contributed by atoms with Gasteiger partial charge >= 0.3 is 6.09 Å². The van der Waals surface area contributed by atoms with Gasteiger partial charge in [-0.3, -0.25) is 4.90 Å². The molecule has 1 aliphatic heterocycles. The van der Waals surface area contributed by atoms with E-state index in [0.717, 1.165) is 25.2 Å². The lowest BCUT2D eigenvalue weighted by molar-refractivity contribution is 0.0497. The Balaban J connectivity index is 1.73. The number of carbonyl (C=O) groups excluding carboxylic acids is 1. The quantitative estimate of drug-likeness (QED) is 0.903. The summed E-state index contributed by atoms with van der Waals surface area (Å²) in [5, 5.41) is 9.33. The van der Waals surface area contributed by atoms with Crippen molar-refractivity contribution in [1.29, 1.82) is 0 Å². The van der Waals surface area contributed by atoms with E-state index >= 15 is 0 Å². The van der Waals surface area contributed by atoms with Gasteiger partial charge in [0.05, 0.1) is 0 Å². The lowest BCUT2D eigenvalue weighted by Gasteiger charge is -2.37. The minimum atomic E-state index is -0.245. The molecule has 1 fully saturated rings. The number of carbonyl (C=O) groups is 1. The summed E-state index contributed by atoms with van der Waals surface area (Å²) >= 11 is 0. The Labute approximate surface area is 132 Å². The van der Waals surface area contributed by atoms with E-state index in [2.05, 4.69) is 4.90 Å². The summed E-state index contributed by atoms with van der Waals surface area (Å²) in [6.45, 7) is 8.43. The second kappa shape index (κ2) is 7.61. The first-order chi connectivity index (χ1) is 10.5. The fraction of sp³-hybridized carbons (Fsp3) is 0.588. The molecule has 122 valence electrons. The van der Waals surface area contributed by atoms with Gasteiger partial charge in [0.15, 0.2) is 0 Å². The predicted octanol–water partition coefficient (Wildman–Crippen LogP) is 1.96. The van der Waals surface area contributed by atoms with Crippen molar-refractivity contribution in [3.05, 3.63) is 35.9 Å². The molecule has 5 nitrogen and oxygen atoms in total. The highest BCUT2D eigenvalue weighted by atomic mass is 16.6. The number of aliphatic hydroxyl groups excluding tert-OH is 1. The maximum absolute atomic E-state index is 12.1. The average molecular weight is 306 g/mol. The van der Waals surface area contributed by atoms with Crippen LogP contribution in [0.1, 0.15) is 19.4 Å². The molecule has 5 heteroatoms. The van der Waals surface area contributed by atoms with E-state index in [1.807, 2.05) is 44.2 Å². The number of aliphatic hydroxyl groups is 1. The maximum Gasteiger partial charge on any atom is 0.410 e. The van der Waals surface area contributed by atoms with Crippen LogP contribution in [-0.4, -0.2) is 60.3 Å². The Morgan fingerprint density at radius 1 is 1.18 bits per heavy atom. The van der Waals surface area contributed by atoms with Crippen molar-refractivity contribution in [2.24, 2.45) is 5.41 Å². The lowest BCUT2D eigenvalue weighted by Crippen LogP contribution is -2.51. The van der Waals surface area contributed by atoms with E-state index < -0.39 is 0 Å². The van der Waals surface area contributed by atoms with E-state index in [9.17, 15) is 9.90 Å². The summed E-state index contributed by atoms with van der Waals surface area (Å²) in [5.41, 5.74) is 0.898. The first-order valence-corrected chi connectivity index (χ1v) is 7.79. The zero-order chi connectivity index (χ0) is 16.0. The van der Waals surface area contributed by atoms with E-state index in [0.29, 0.717) is 19.7 Å². The second-order valence-corrected chi connectivity index (χ2v) is 6.63. The molecule has 22 heavy (non-hydrogen) atoms. The van der Waals surface area contributed by atoms with Crippen molar-refractivity contribution in [3.63, 3.8) is 0 Å². The van der Waals surface area contributed by atoms with Gasteiger partial charge in [0.2, 0.25) is 0 Å². The van der Waals surface area contributed by atoms with Gasteiger partial charge in [-0.15, -0.1) is 0 Å². The number of amides is 1. The van der Waals surface area contributed by atoms with Crippen LogP contribution in [0.3, 0.4) is 0 Å². The smallest absolute Gasteiger partial charge is 0.410 e. The fourth-order valence-corrected chi connectivity index (χ4v) is 2.55. The van der Waals surface area contributed by atoms with Gasteiger partial charge in [-0.2, -0.15) is 0 Å². The Hall–Kier alpha value is -1.59. The minimum absolute atomic E-state index is 0.101. The third kappa shape index (κ3) is 5.00. The Morgan fingerprint density at radius 2 is 1.82 bits per heavy atom. The molecule has 0 aromatic heterocycles. The molecule has 1 N–H and O–H groups in total. The van der Waals surface area contributed by atoms with Crippen molar-refractivity contribution < 1.29 is 14.6 Å². The zero-order valence-corrected chi connectivity index (χ0v) is 13.5. The van der Waals surface area contributed by atoms with Crippen LogP contribution in [-0.2, 0) is 11.3 Å². The number of benzene rings is 1. The van der Waals surface area contributed by atoms with E-state index in [1.165, 1.54) is 0 Å². The molecule has 1 aliphatic rings. The number of hydrogen-bond acceptors (Lipinski definition) is 4. The number of ether oxygens (including phenoxy) is 1. The first kappa shape index (κ1) is 16.8. The van der Waals surface area contributed by atoms with Crippen LogP contribution in [0.4, 0.5) is 4.79 Å². The van der Waals surface area contributed by atoms with Crippen molar-refractivity contribution >= 4 is 6.09 Å². The molecule has 2 rings (SSSR count). The standard InChI is InChI=1S/C17H26N2O3/c1-17(2,14-20)13-18-8-10-19(11-9-18)16(21)22-12-15-6-4-3-5-7-15/h3-7,20H,8-14H2,1-2H3. The zero-order valence-electron chi connectivity index (χ0n) is 13.5. The Kier molecular flexibility index (Phi) is 5.80. The summed E-state index contributed by atoms with van der Waals surface area (Å²) in [4.78, 5) is 16.1. The van der Waals surface area contributed by atoms with E-state index in [1.54, 1.807) is 4.90 Å². The molecule has 0 aliphatic carbocycles. The van der Waals surface area contributed by atoms with Gasteiger partial charge in [0, 0.05) is 44.7 Å². The van der Waals surface area contributed by atoms with Crippen LogP contribution in [0.25, 0.3) is 0 Å². The molecular formula is C17H26N2O3. The van der Waals surface area contributed by atoms with Gasteiger partial charge < -0.3 is 14.7 Å². The molecule has 1 heterocycles. The number of nitrogens with zero attached hydrogens (tertiary/aromatic N) is 2. The highest BCUT2D eigenvalue weighted by Crippen LogP contribution is 2.17.